The first-order valence-electron chi connectivity index (χ1n) is 8.71. The second kappa shape index (κ2) is 8.81. The van der Waals surface area contributed by atoms with Crippen molar-refractivity contribution < 1.29 is 14.0 Å². The van der Waals surface area contributed by atoms with Gasteiger partial charge in [0.1, 0.15) is 11.0 Å². The van der Waals surface area contributed by atoms with E-state index >= 15 is 0 Å². The minimum absolute atomic E-state index is 0.118. The van der Waals surface area contributed by atoms with Crippen molar-refractivity contribution in [1.29, 1.82) is 0 Å². The molecule has 0 bridgehead atoms. The molecule has 1 aliphatic heterocycles. The standard InChI is InChI=1S/C19H20ClFN4O2/c20-17-7-4-15(13-22-17)18(26)24-8-1-9-25(11-10-24)19(27)23-12-14-2-5-16(21)6-3-14/h2-7,13H,1,8-12H2,(H,23,27). The highest BCUT2D eigenvalue weighted by Crippen LogP contribution is 2.11. The fourth-order valence-corrected chi connectivity index (χ4v) is 3.01. The smallest absolute Gasteiger partial charge is 0.317 e. The zero-order valence-corrected chi connectivity index (χ0v) is 15.5. The van der Waals surface area contributed by atoms with Crippen LogP contribution in [-0.2, 0) is 6.54 Å². The van der Waals surface area contributed by atoms with Crippen LogP contribution < -0.4 is 5.32 Å². The molecule has 0 spiro atoms. The normalized spacial score (nSPS) is 14.6. The average Bonchev–Trinajstić information content (AvgIpc) is 2.94. The van der Waals surface area contributed by atoms with Crippen LogP contribution in [0.3, 0.4) is 0 Å². The van der Waals surface area contributed by atoms with Crippen LogP contribution in [0.4, 0.5) is 9.18 Å². The molecule has 0 saturated carbocycles. The molecule has 2 heterocycles. The number of aromatic nitrogens is 1. The number of urea groups is 1. The van der Waals surface area contributed by atoms with Crippen LogP contribution in [-0.4, -0.2) is 52.9 Å². The topological polar surface area (TPSA) is 65.5 Å². The van der Waals surface area contributed by atoms with Crippen molar-refractivity contribution >= 4 is 23.5 Å². The van der Waals surface area contributed by atoms with Gasteiger partial charge < -0.3 is 15.1 Å². The predicted molar refractivity (Wildman–Crippen MR) is 100.0 cm³/mol. The molecule has 0 aliphatic carbocycles. The second-order valence-corrected chi connectivity index (χ2v) is 6.67. The molecule has 142 valence electrons. The third-order valence-electron chi connectivity index (χ3n) is 4.40. The lowest BCUT2D eigenvalue weighted by Gasteiger charge is -2.22. The van der Waals surface area contributed by atoms with Crippen LogP contribution in [0.5, 0.6) is 0 Å². The van der Waals surface area contributed by atoms with Gasteiger partial charge in [0.2, 0.25) is 0 Å². The number of carbonyl (C=O) groups excluding carboxylic acids is 2. The Kier molecular flexibility index (Phi) is 6.24. The molecule has 0 radical (unpaired) electrons. The van der Waals surface area contributed by atoms with Crippen molar-refractivity contribution in [2.75, 3.05) is 26.2 Å². The summed E-state index contributed by atoms with van der Waals surface area (Å²) in [5.41, 5.74) is 1.31. The van der Waals surface area contributed by atoms with E-state index in [0.717, 1.165) is 5.56 Å². The van der Waals surface area contributed by atoms with Gasteiger partial charge in [-0.1, -0.05) is 23.7 Å². The number of halogens is 2. The second-order valence-electron chi connectivity index (χ2n) is 6.29. The lowest BCUT2D eigenvalue weighted by molar-refractivity contribution is 0.0762. The molecule has 1 aromatic heterocycles. The van der Waals surface area contributed by atoms with Gasteiger partial charge in [0.25, 0.3) is 5.91 Å². The third-order valence-corrected chi connectivity index (χ3v) is 4.63. The Morgan fingerprint density at radius 2 is 1.74 bits per heavy atom. The summed E-state index contributed by atoms with van der Waals surface area (Å²) in [6.07, 6.45) is 2.15. The Morgan fingerprint density at radius 1 is 1.04 bits per heavy atom. The number of amides is 3. The minimum Gasteiger partial charge on any atom is -0.337 e. The Hall–Kier alpha value is -2.67. The summed E-state index contributed by atoms with van der Waals surface area (Å²) in [6, 6.07) is 9.04. The van der Waals surface area contributed by atoms with Crippen molar-refractivity contribution in [3.8, 4) is 0 Å². The molecular formula is C19H20ClFN4O2. The van der Waals surface area contributed by atoms with E-state index in [4.69, 9.17) is 11.6 Å². The van der Waals surface area contributed by atoms with E-state index < -0.39 is 0 Å². The van der Waals surface area contributed by atoms with Gasteiger partial charge >= 0.3 is 6.03 Å². The van der Waals surface area contributed by atoms with Crippen LogP contribution >= 0.6 is 11.6 Å². The summed E-state index contributed by atoms with van der Waals surface area (Å²) in [4.78, 5) is 32.3. The Balaban J connectivity index is 1.52. The van der Waals surface area contributed by atoms with Crippen LogP contribution in [0.15, 0.2) is 42.6 Å². The van der Waals surface area contributed by atoms with E-state index in [-0.39, 0.29) is 17.8 Å². The number of nitrogens with zero attached hydrogens (tertiary/aromatic N) is 3. The molecule has 27 heavy (non-hydrogen) atoms. The first-order valence-corrected chi connectivity index (χ1v) is 9.09. The van der Waals surface area contributed by atoms with E-state index in [1.54, 1.807) is 34.1 Å². The lowest BCUT2D eigenvalue weighted by atomic mass is 10.2. The zero-order valence-electron chi connectivity index (χ0n) is 14.7. The Bertz CT molecular complexity index is 798. The summed E-state index contributed by atoms with van der Waals surface area (Å²) in [5, 5.41) is 3.17. The molecule has 2 aromatic rings. The molecule has 6 nitrogen and oxygen atoms in total. The van der Waals surface area contributed by atoms with Gasteiger partial charge in [-0.3, -0.25) is 4.79 Å². The van der Waals surface area contributed by atoms with Crippen LogP contribution in [0.2, 0.25) is 5.15 Å². The van der Waals surface area contributed by atoms with Crippen molar-refractivity contribution in [2.24, 2.45) is 0 Å². The van der Waals surface area contributed by atoms with Crippen molar-refractivity contribution in [2.45, 2.75) is 13.0 Å². The van der Waals surface area contributed by atoms with Crippen molar-refractivity contribution in [1.82, 2.24) is 20.1 Å². The highest BCUT2D eigenvalue weighted by Gasteiger charge is 2.22. The number of hydrogen-bond donors (Lipinski definition) is 1. The Labute approximate surface area is 161 Å². The Morgan fingerprint density at radius 3 is 2.44 bits per heavy atom. The quantitative estimate of drug-likeness (QED) is 0.819. The van der Waals surface area contributed by atoms with Gasteiger partial charge in [0, 0.05) is 38.9 Å². The fourth-order valence-electron chi connectivity index (χ4n) is 2.90. The van der Waals surface area contributed by atoms with Crippen molar-refractivity contribution in [3.05, 3.63) is 64.7 Å². The van der Waals surface area contributed by atoms with Gasteiger partial charge in [-0.05, 0) is 36.2 Å². The largest absolute Gasteiger partial charge is 0.337 e. The van der Waals surface area contributed by atoms with Crippen LogP contribution in [0.25, 0.3) is 0 Å². The molecule has 1 fully saturated rings. The van der Waals surface area contributed by atoms with Crippen molar-refractivity contribution in [3.63, 3.8) is 0 Å². The number of pyridine rings is 1. The summed E-state index contributed by atoms with van der Waals surface area (Å²) >= 11 is 5.76. The SMILES string of the molecule is O=C(NCc1ccc(F)cc1)N1CCCN(C(=O)c2ccc(Cl)nc2)CC1. The van der Waals surface area contributed by atoms with E-state index in [2.05, 4.69) is 10.3 Å². The molecule has 1 N–H and O–H groups in total. The summed E-state index contributed by atoms with van der Waals surface area (Å²) in [6.45, 7) is 2.36. The highest BCUT2D eigenvalue weighted by molar-refractivity contribution is 6.29. The summed E-state index contributed by atoms with van der Waals surface area (Å²) in [5.74, 6) is -0.425. The first-order chi connectivity index (χ1) is 13.0. The molecule has 0 atom stereocenters. The molecule has 1 aromatic carbocycles. The van der Waals surface area contributed by atoms with Gasteiger partial charge in [-0.25, -0.2) is 14.2 Å². The molecule has 8 heteroatoms. The van der Waals surface area contributed by atoms with E-state index in [0.29, 0.717) is 49.9 Å². The number of hydrogen-bond acceptors (Lipinski definition) is 3. The summed E-state index contributed by atoms with van der Waals surface area (Å²) in [7, 11) is 0. The minimum atomic E-state index is -0.307. The first kappa shape index (κ1) is 19.1. The predicted octanol–water partition coefficient (Wildman–Crippen LogP) is 2.93. The molecule has 1 saturated heterocycles. The van der Waals surface area contributed by atoms with Gasteiger partial charge in [0.15, 0.2) is 0 Å². The molecule has 3 rings (SSSR count). The molecular weight excluding hydrogens is 371 g/mol. The monoisotopic (exact) mass is 390 g/mol. The highest BCUT2D eigenvalue weighted by atomic mass is 35.5. The zero-order chi connectivity index (χ0) is 19.2. The third kappa shape index (κ3) is 5.17. The summed E-state index contributed by atoms with van der Waals surface area (Å²) < 4.78 is 12.9. The van der Waals surface area contributed by atoms with Gasteiger partial charge in [-0.15, -0.1) is 0 Å². The fraction of sp³-hybridized carbons (Fsp3) is 0.316. The lowest BCUT2D eigenvalue weighted by Crippen LogP contribution is -2.42. The van der Waals surface area contributed by atoms with E-state index in [9.17, 15) is 14.0 Å². The number of benzene rings is 1. The number of carbonyl (C=O) groups is 2. The van der Waals surface area contributed by atoms with Gasteiger partial charge in [0.05, 0.1) is 5.56 Å². The van der Waals surface area contributed by atoms with Gasteiger partial charge in [-0.2, -0.15) is 0 Å². The maximum Gasteiger partial charge on any atom is 0.317 e. The molecule has 0 unspecified atom stereocenters. The number of nitrogens with one attached hydrogen (secondary N) is 1. The van der Waals surface area contributed by atoms with Crippen LogP contribution in [0, 0.1) is 5.82 Å². The molecule has 1 aliphatic rings. The van der Waals surface area contributed by atoms with Crippen LogP contribution in [0.1, 0.15) is 22.3 Å². The maximum atomic E-state index is 12.9. The maximum absolute atomic E-state index is 12.9. The van der Waals surface area contributed by atoms with E-state index in [1.807, 2.05) is 0 Å². The average molecular weight is 391 g/mol. The number of rotatable bonds is 3. The van der Waals surface area contributed by atoms with E-state index in [1.165, 1.54) is 18.3 Å². The molecule has 3 amide bonds.